The molecule has 1 fully saturated rings. The van der Waals surface area contributed by atoms with E-state index in [0.717, 1.165) is 16.6 Å². The number of methoxy groups -OCH3 is 1. The van der Waals surface area contributed by atoms with E-state index in [-0.39, 0.29) is 10.8 Å². The molecule has 0 unspecified atom stereocenters. The fourth-order valence-corrected chi connectivity index (χ4v) is 4.31. The van der Waals surface area contributed by atoms with Crippen molar-refractivity contribution in [1.29, 1.82) is 0 Å². The monoisotopic (exact) mass is 444 g/mol. The van der Waals surface area contributed by atoms with Crippen LogP contribution in [-0.4, -0.2) is 48.2 Å². The van der Waals surface area contributed by atoms with Gasteiger partial charge in [0.1, 0.15) is 0 Å². The zero-order chi connectivity index (χ0) is 21.5. The summed E-state index contributed by atoms with van der Waals surface area (Å²) in [6.07, 6.45) is 1.85. The first-order valence-electron chi connectivity index (χ1n) is 9.19. The second-order valence-electron chi connectivity index (χ2n) is 6.08. The maximum absolute atomic E-state index is 12.8. The van der Waals surface area contributed by atoms with Gasteiger partial charge < -0.3 is 9.47 Å². The van der Waals surface area contributed by atoms with Gasteiger partial charge in [-0.15, -0.1) is 11.3 Å². The number of amidine groups is 1. The summed E-state index contributed by atoms with van der Waals surface area (Å²) >= 11 is 2.74. The number of ether oxygens (including phenoxy) is 2. The molecule has 1 saturated heterocycles. The number of esters is 2. The third kappa shape index (κ3) is 5.37. The molecule has 0 spiro atoms. The summed E-state index contributed by atoms with van der Waals surface area (Å²) in [6.45, 7) is 2.48. The summed E-state index contributed by atoms with van der Waals surface area (Å²) < 4.78 is 9.62. The Kier molecular flexibility index (Phi) is 7.42. The van der Waals surface area contributed by atoms with Crippen molar-refractivity contribution in [3.63, 3.8) is 0 Å². The number of aliphatic imine (C=N–C) groups is 1. The van der Waals surface area contributed by atoms with Crippen LogP contribution in [0, 0.1) is 0 Å². The van der Waals surface area contributed by atoms with E-state index in [9.17, 15) is 14.4 Å². The maximum Gasteiger partial charge on any atom is 0.338 e. The fraction of sp³-hybridized carbons (Fsp3) is 0.238. The Balaban J connectivity index is 1.84. The molecule has 1 amide bonds. The lowest BCUT2D eigenvalue weighted by Gasteiger charge is -2.15. The molecule has 0 saturated carbocycles. The second-order valence-corrected chi connectivity index (χ2v) is 8.12. The topological polar surface area (TPSA) is 85.3 Å². The van der Waals surface area contributed by atoms with Gasteiger partial charge in [0.05, 0.1) is 29.9 Å². The van der Waals surface area contributed by atoms with E-state index >= 15 is 0 Å². The molecular weight excluding hydrogens is 424 g/mol. The molecule has 30 heavy (non-hydrogen) atoms. The van der Waals surface area contributed by atoms with Crippen LogP contribution < -0.4 is 0 Å². The van der Waals surface area contributed by atoms with Crippen LogP contribution in [0.5, 0.6) is 0 Å². The van der Waals surface area contributed by atoms with Crippen LogP contribution in [0.2, 0.25) is 0 Å². The molecule has 0 radical (unpaired) electrons. The third-order valence-electron chi connectivity index (χ3n) is 4.10. The average molecular weight is 445 g/mol. The summed E-state index contributed by atoms with van der Waals surface area (Å²) in [4.78, 5) is 43.8. The van der Waals surface area contributed by atoms with Crippen LogP contribution in [-0.2, 0) is 25.5 Å². The van der Waals surface area contributed by atoms with E-state index in [2.05, 4.69) is 9.73 Å². The molecule has 0 bridgehead atoms. The Bertz CT molecular complexity index is 981. The number of carbonyl (C=O) groups excluding carboxylic acids is 3. The first-order chi connectivity index (χ1) is 14.5. The Morgan fingerprint density at radius 3 is 2.60 bits per heavy atom. The number of thiophene rings is 1. The zero-order valence-corrected chi connectivity index (χ0v) is 18.1. The molecule has 156 valence electrons. The van der Waals surface area contributed by atoms with E-state index in [0.29, 0.717) is 36.0 Å². The molecule has 7 nitrogen and oxygen atoms in total. The van der Waals surface area contributed by atoms with Gasteiger partial charge in [-0.3, -0.25) is 9.69 Å². The number of rotatable bonds is 7. The summed E-state index contributed by atoms with van der Waals surface area (Å²) in [5, 5.41) is 2.45. The van der Waals surface area contributed by atoms with Gasteiger partial charge in [-0.05, 0) is 60.8 Å². The van der Waals surface area contributed by atoms with E-state index in [1.165, 1.54) is 13.2 Å². The van der Waals surface area contributed by atoms with Crippen molar-refractivity contribution in [3.05, 3.63) is 63.2 Å². The van der Waals surface area contributed by atoms with Gasteiger partial charge in [0, 0.05) is 17.5 Å². The molecule has 0 aliphatic carbocycles. The molecule has 1 aliphatic rings. The van der Waals surface area contributed by atoms with Crippen LogP contribution in [0.15, 0.2) is 57.8 Å². The van der Waals surface area contributed by atoms with Crippen molar-refractivity contribution in [2.45, 2.75) is 13.3 Å². The van der Waals surface area contributed by atoms with Crippen molar-refractivity contribution in [3.8, 4) is 0 Å². The predicted molar refractivity (Wildman–Crippen MR) is 117 cm³/mol. The molecular formula is C21H20N2O5S2. The maximum atomic E-state index is 12.8. The molecule has 3 rings (SSSR count). The summed E-state index contributed by atoms with van der Waals surface area (Å²) in [5.74, 6) is -1.28. The molecule has 2 heterocycles. The highest BCUT2D eigenvalue weighted by atomic mass is 32.2. The SMILES string of the molecule is CCOC(=O)c1ccc(N=C2S/C(=C/C(=O)OC)C(=O)N2CCc2cccs2)cc1. The largest absolute Gasteiger partial charge is 0.466 e. The second kappa shape index (κ2) is 10.2. The van der Waals surface area contributed by atoms with Gasteiger partial charge in [-0.25, -0.2) is 14.6 Å². The highest BCUT2D eigenvalue weighted by Crippen LogP contribution is 2.33. The minimum Gasteiger partial charge on any atom is -0.466 e. The van der Waals surface area contributed by atoms with Crippen molar-refractivity contribution in [2.24, 2.45) is 4.99 Å². The number of hydrogen-bond donors (Lipinski definition) is 0. The highest BCUT2D eigenvalue weighted by molar-refractivity contribution is 8.18. The Morgan fingerprint density at radius 2 is 1.97 bits per heavy atom. The van der Waals surface area contributed by atoms with Crippen LogP contribution in [0.4, 0.5) is 5.69 Å². The van der Waals surface area contributed by atoms with Gasteiger partial charge >= 0.3 is 11.9 Å². The van der Waals surface area contributed by atoms with Crippen LogP contribution in [0.1, 0.15) is 22.2 Å². The number of nitrogens with zero attached hydrogens (tertiary/aromatic N) is 2. The van der Waals surface area contributed by atoms with Crippen molar-refractivity contribution in [1.82, 2.24) is 4.90 Å². The van der Waals surface area contributed by atoms with Crippen molar-refractivity contribution >= 4 is 51.8 Å². The lowest BCUT2D eigenvalue weighted by Crippen LogP contribution is -2.31. The molecule has 9 heteroatoms. The number of benzene rings is 1. The Hall–Kier alpha value is -2.91. The summed E-state index contributed by atoms with van der Waals surface area (Å²) in [5.41, 5.74) is 1.01. The van der Waals surface area contributed by atoms with Gasteiger partial charge in [0.25, 0.3) is 5.91 Å². The lowest BCUT2D eigenvalue weighted by molar-refractivity contribution is -0.135. The Labute approximate surface area is 182 Å². The lowest BCUT2D eigenvalue weighted by atomic mass is 10.2. The number of amides is 1. The molecule has 1 aromatic carbocycles. The van der Waals surface area contributed by atoms with Gasteiger partial charge in [0.2, 0.25) is 0 Å². The smallest absolute Gasteiger partial charge is 0.338 e. The van der Waals surface area contributed by atoms with Crippen LogP contribution in [0.3, 0.4) is 0 Å². The summed E-state index contributed by atoms with van der Waals surface area (Å²) in [7, 11) is 1.26. The average Bonchev–Trinajstić information content (AvgIpc) is 3.36. The van der Waals surface area contributed by atoms with E-state index in [4.69, 9.17) is 4.74 Å². The first-order valence-corrected chi connectivity index (χ1v) is 10.9. The molecule has 0 atom stereocenters. The highest BCUT2D eigenvalue weighted by Gasteiger charge is 2.34. The van der Waals surface area contributed by atoms with Crippen LogP contribution in [0.25, 0.3) is 0 Å². The van der Waals surface area contributed by atoms with Crippen molar-refractivity contribution in [2.75, 3.05) is 20.3 Å². The minimum atomic E-state index is -0.593. The quantitative estimate of drug-likeness (QED) is 0.477. The van der Waals surface area contributed by atoms with Gasteiger partial charge in [-0.2, -0.15) is 0 Å². The molecule has 1 aromatic heterocycles. The molecule has 1 aliphatic heterocycles. The van der Waals surface area contributed by atoms with Crippen LogP contribution >= 0.6 is 23.1 Å². The fourth-order valence-electron chi connectivity index (χ4n) is 2.63. The van der Waals surface area contributed by atoms with Gasteiger partial charge in [-0.1, -0.05) is 6.07 Å². The predicted octanol–water partition coefficient (Wildman–Crippen LogP) is 3.79. The van der Waals surface area contributed by atoms with Crippen molar-refractivity contribution < 1.29 is 23.9 Å². The van der Waals surface area contributed by atoms with E-state index in [1.807, 2.05) is 17.5 Å². The number of carbonyl (C=O) groups is 3. The number of hydrogen-bond acceptors (Lipinski definition) is 8. The standard InChI is InChI=1S/C21H20N2O5S2/c1-3-28-20(26)14-6-8-15(9-7-14)22-21-23(11-10-16-5-4-12-29-16)19(25)17(30-21)13-18(24)27-2/h4-9,12-13H,3,10-11H2,1-2H3/b17-13+,22-21?. The van der Waals surface area contributed by atoms with Gasteiger partial charge in [0.15, 0.2) is 5.17 Å². The zero-order valence-electron chi connectivity index (χ0n) is 16.5. The van der Waals surface area contributed by atoms with E-state index in [1.54, 1.807) is 47.4 Å². The summed E-state index contributed by atoms with van der Waals surface area (Å²) in [6, 6.07) is 10.6. The Morgan fingerprint density at radius 1 is 1.20 bits per heavy atom. The minimum absolute atomic E-state index is 0.259. The number of thioether (sulfide) groups is 1. The molecule has 2 aromatic rings. The first kappa shape index (κ1) is 21.8. The third-order valence-corrected chi connectivity index (χ3v) is 6.05. The normalized spacial score (nSPS) is 16.3. The van der Waals surface area contributed by atoms with E-state index < -0.39 is 11.9 Å². The molecule has 0 N–H and O–H groups in total.